The first kappa shape index (κ1) is 18.2. The van der Waals surface area contributed by atoms with Crippen molar-refractivity contribution in [3.05, 3.63) is 52.2 Å². The van der Waals surface area contributed by atoms with Gasteiger partial charge in [0, 0.05) is 13.2 Å². The van der Waals surface area contributed by atoms with Gasteiger partial charge in [0.2, 0.25) is 0 Å². The summed E-state index contributed by atoms with van der Waals surface area (Å²) in [6.45, 7) is 4.48. The van der Waals surface area contributed by atoms with Crippen LogP contribution in [0.2, 0.25) is 0 Å². The molecule has 0 saturated heterocycles. The van der Waals surface area contributed by atoms with Crippen molar-refractivity contribution in [2.75, 3.05) is 18.5 Å². The van der Waals surface area contributed by atoms with Gasteiger partial charge in [-0.2, -0.15) is 0 Å². The molecule has 0 spiro atoms. The Morgan fingerprint density at radius 3 is 2.54 bits per heavy atom. The van der Waals surface area contributed by atoms with Crippen molar-refractivity contribution in [1.82, 2.24) is 5.32 Å². The summed E-state index contributed by atoms with van der Waals surface area (Å²) in [7, 11) is 0. The zero-order valence-electron chi connectivity index (χ0n) is 13.8. The minimum Gasteiger partial charge on any atom is -0.396 e. The average molecular weight is 346 g/mol. The molecule has 2 amide bonds. The monoisotopic (exact) mass is 346 g/mol. The molecule has 0 bridgehead atoms. The number of rotatable bonds is 7. The van der Waals surface area contributed by atoms with Crippen molar-refractivity contribution in [3.8, 4) is 0 Å². The predicted molar refractivity (Wildman–Crippen MR) is 96.5 cm³/mol. The van der Waals surface area contributed by atoms with E-state index in [2.05, 4.69) is 10.6 Å². The number of carbonyl (C=O) groups is 2. The maximum atomic E-state index is 12.5. The lowest BCUT2D eigenvalue weighted by atomic mass is 9.89. The van der Waals surface area contributed by atoms with Crippen LogP contribution in [0.1, 0.15) is 40.3 Å². The van der Waals surface area contributed by atoms with Crippen molar-refractivity contribution >= 4 is 28.8 Å². The Kier molecular flexibility index (Phi) is 6.11. The molecule has 2 rings (SSSR count). The molecule has 1 aromatic heterocycles. The molecule has 0 aliphatic rings. The number of carbonyl (C=O) groups excluding carboxylic acids is 2. The lowest BCUT2D eigenvalue weighted by Crippen LogP contribution is -2.35. The predicted octanol–water partition coefficient (Wildman–Crippen LogP) is 3.14. The van der Waals surface area contributed by atoms with Crippen molar-refractivity contribution in [2.45, 2.75) is 20.3 Å². The van der Waals surface area contributed by atoms with Gasteiger partial charge in [-0.15, -0.1) is 11.3 Å². The van der Waals surface area contributed by atoms with Gasteiger partial charge in [-0.05, 0) is 35.4 Å². The molecule has 3 N–H and O–H groups in total. The molecule has 5 nitrogen and oxygen atoms in total. The van der Waals surface area contributed by atoms with E-state index in [1.165, 1.54) is 11.3 Å². The molecule has 1 heterocycles. The van der Waals surface area contributed by atoms with Crippen molar-refractivity contribution in [1.29, 1.82) is 0 Å². The second kappa shape index (κ2) is 8.08. The van der Waals surface area contributed by atoms with Crippen LogP contribution in [0.25, 0.3) is 0 Å². The summed E-state index contributed by atoms with van der Waals surface area (Å²) < 4.78 is 0. The van der Waals surface area contributed by atoms with E-state index >= 15 is 0 Å². The Balaban J connectivity index is 2.08. The molecule has 0 atom stereocenters. The van der Waals surface area contributed by atoms with Crippen molar-refractivity contribution in [3.63, 3.8) is 0 Å². The van der Waals surface area contributed by atoms with Crippen LogP contribution in [0, 0.1) is 5.41 Å². The van der Waals surface area contributed by atoms with E-state index in [1.807, 2.05) is 19.2 Å². The van der Waals surface area contributed by atoms with Crippen LogP contribution in [0.5, 0.6) is 0 Å². The normalized spacial score (nSPS) is 11.1. The number of thiophene rings is 1. The van der Waals surface area contributed by atoms with Crippen molar-refractivity contribution < 1.29 is 14.7 Å². The summed E-state index contributed by atoms with van der Waals surface area (Å²) in [5.74, 6) is -0.478. The zero-order valence-corrected chi connectivity index (χ0v) is 14.7. The second-order valence-electron chi connectivity index (χ2n) is 6.30. The Morgan fingerprint density at radius 1 is 1.12 bits per heavy atom. The lowest BCUT2D eigenvalue weighted by molar-refractivity contribution is 0.0929. The van der Waals surface area contributed by atoms with Crippen molar-refractivity contribution in [2.24, 2.45) is 5.41 Å². The molecule has 128 valence electrons. The summed E-state index contributed by atoms with van der Waals surface area (Å²) in [5.41, 5.74) is 0.704. The largest absolute Gasteiger partial charge is 0.396 e. The zero-order chi connectivity index (χ0) is 17.6. The fourth-order valence-electron chi connectivity index (χ4n) is 2.19. The third kappa shape index (κ3) is 4.91. The van der Waals surface area contributed by atoms with Gasteiger partial charge in [-0.1, -0.05) is 32.0 Å². The summed E-state index contributed by atoms with van der Waals surface area (Å²) >= 11 is 1.35. The standard InChI is InChI=1S/C18H22N2O3S/c1-18(2,9-10-21)12-19-16(22)13-6-3-4-7-14(13)20-17(23)15-8-5-11-24-15/h3-8,11,21H,9-10,12H2,1-2H3,(H,19,22)(H,20,23). The van der Waals surface area contributed by atoms with Gasteiger partial charge in [0.05, 0.1) is 16.1 Å². The minimum atomic E-state index is -0.247. The van der Waals surface area contributed by atoms with E-state index in [0.717, 1.165) is 0 Å². The molecule has 0 aliphatic carbocycles. The number of benzene rings is 1. The van der Waals surface area contributed by atoms with Gasteiger partial charge < -0.3 is 15.7 Å². The highest BCUT2D eigenvalue weighted by Gasteiger charge is 2.20. The number of aliphatic hydroxyl groups is 1. The first-order valence-corrected chi connectivity index (χ1v) is 8.64. The molecule has 2 aromatic rings. The maximum Gasteiger partial charge on any atom is 0.265 e. The number of amides is 2. The van der Waals surface area contributed by atoms with Crippen LogP contribution in [0.15, 0.2) is 41.8 Å². The van der Waals surface area contributed by atoms with Crippen LogP contribution in [0.3, 0.4) is 0 Å². The van der Waals surface area contributed by atoms with E-state index in [1.54, 1.807) is 36.4 Å². The smallest absolute Gasteiger partial charge is 0.265 e. The van der Waals surface area contributed by atoms with E-state index in [9.17, 15) is 9.59 Å². The molecule has 6 heteroatoms. The Bertz CT molecular complexity index is 696. The van der Waals surface area contributed by atoms with E-state index in [4.69, 9.17) is 5.11 Å². The highest BCUT2D eigenvalue weighted by atomic mass is 32.1. The maximum absolute atomic E-state index is 12.5. The first-order chi connectivity index (χ1) is 11.4. The number of para-hydroxylation sites is 1. The van der Waals surface area contributed by atoms with Gasteiger partial charge in [0.25, 0.3) is 11.8 Å². The Morgan fingerprint density at radius 2 is 1.88 bits per heavy atom. The third-order valence-electron chi connectivity index (χ3n) is 3.68. The van der Waals surface area contributed by atoms with Gasteiger partial charge in [-0.3, -0.25) is 9.59 Å². The van der Waals surface area contributed by atoms with E-state index in [-0.39, 0.29) is 23.8 Å². The van der Waals surface area contributed by atoms with Crippen LogP contribution < -0.4 is 10.6 Å². The molecule has 0 aliphatic heterocycles. The van der Waals surface area contributed by atoms with Crippen LogP contribution >= 0.6 is 11.3 Å². The molecular formula is C18H22N2O3S. The Labute approximate surface area is 145 Å². The number of anilines is 1. The number of nitrogens with one attached hydrogen (secondary N) is 2. The van der Waals surface area contributed by atoms with Crippen LogP contribution in [-0.2, 0) is 0 Å². The molecule has 0 radical (unpaired) electrons. The fourth-order valence-corrected chi connectivity index (χ4v) is 2.81. The average Bonchev–Trinajstić information content (AvgIpc) is 3.08. The molecular weight excluding hydrogens is 324 g/mol. The summed E-state index contributed by atoms with van der Waals surface area (Å²) in [6, 6.07) is 10.5. The summed E-state index contributed by atoms with van der Waals surface area (Å²) in [6.07, 6.45) is 0.601. The van der Waals surface area contributed by atoms with E-state index < -0.39 is 0 Å². The van der Waals surface area contributed by atoms with Gasteiger partial charge in [0.1, 0.15) is 0 Å². The van der Waals surface area contributed by atoms with Gasteiger partial charge in [-0.25, -0.2) is 0 Å². The molecule has 0 unspecified atom stereocenters. The van der Waals surface area contributed by atoms with E-state index in [0.29, 0.717) is 29.1 Å². The SMILES string of the molecule is CC(C)(CCO)CNC(=O)c1ccccc1NC(=O)c1cccs1. The van der Waals surface area contributed by atoms with Gasteiger partial charge in [0.15, 0.2) is 0 Å². The topological polar surface area (TPSA) is 78.4 Å². The van der Waals surface area contributed by atoms with Crippen LogP contribution in [-0.4, -0.2) is 30.1 Å². The summed E-state index contributed by atoms with van der Waals surface area (Å²) in [4.78, 5) is 25.2. The van der Waals surface area contributed by atoms with Gasteiger partial charge >= 0.3 is 0 Å². The van der Waals surface area contributed by atoms with Crippen LogP contribution in [0.4, 0.5) is 5.69 Å². The number of aliphatic hydroxyl groups excluding tert-OH is 1. The third-order valence-corrected chi connectivity index (χ3v) is 4.55. The molecule has 0 fully saturated rings. The number of hydrogen-bond acceptors (Lipinski definition) is 4. The first-order valence-electron chi connectivity index (χ1n) is 7.76. The molecule has 0 saturated carbocycles. The lowest BCUT2D eigenvalue weighted by Gasteiger charge is -2.24. The quantitative estimate of drug-likeness (QED) is 0.721. The molecule has 1 aromatic carbocycles. The second-order valence-corrected chi connectivity index (χ2v) is 7.25. The highest BCUT2D eigenvalue weighted by molar-refractivity contribution is 7.12. The minimum absolute atomic E-state index is 0.0797. The Hall–Kier alpha value is -2.18. The highest BCUT2D eigenvalue weighted by Crippen LogP contribution is 2.20. The fraction of sp³-hybridized carbons (Fsp3) is 0.333. The molecule has 24 heavy (non-hydrogen) atoms. The summed E-state index contributed by atoms with van der Waals surface area (Å²) in [5, 5.41) is 16.5. The number of hydrogen-bond donors (Lipinski definition) is 3.